The van der Waals surface area contributed by atoms with Gasteiger partial charge in [-0.15, -0.1) is 0 Å². The highest BCUT2D eigenvalue weighted by atomic mass is 16.5. The van der Waals surface area contributed by atoms with Crippen LogP contribution in [0.25, 0.3) is 0 Å². The second-order valence-corrected chi connectivity index (χ2v) is 7.91. The van der Waals surface area contributed by atoms with Gasteiger partial charge in [0.2, 0.25) is 0 Å². The Balaban J connectivity index is 1.90. The molecule has 8 nitrogen and oxygen atoms in total. The van der Waals surface area contributed by atoms with Crippen molar-refractivity contribution in [3.63, 3.8) is 0 Å². The Kier molecular flexibility index (Phi) is 4.40. The second kappa shape index (κ2) is 7.05. The van der Waals surface area contributed by atoms with E-state index in [-0.39, 0.29) is 11.6 Å². The van der Waals surface area contributed by atoms with Crippen molar-refractivity contribution in [2.75, 3.05) is 14.2 Å². The Morgan fingerprint density at radius 3 is 2.28 bits per heavy atom. The highest BCUT2D eigenvalue weighted by Gasteiger charge is 2.48. The molecule has 162 valence electrons. The molecule has 0 radical (unpaired) electrons. The third-order valence-electron chi connectivity index (χ3n) is 6.36. The van der Waals surface area contributed by atoms with E-state index in [1.165, 1.54) is 18.7 Å². The van der Waals surface area contributed by atoms with Gasteiger partial charge < -0.3 is 9.47 Å². The van der Waals surface area contributed by atoms with Gasteiger partial charge in [0.15, 0.2) is 5.78 Å². The third kappa shape index (κ3) is 2.55. The summed E-state index contributed by atoms with van der Waals surface area (Å²) in [4.78, 5) is 44.3. The number of Topliss-reactive ketones (excluding diaryl/α,β-unsaturated/α-hetero) is 1. The van der Waals surface area contributed by atoms with Gasteiger partial charge in [0.05, 0.1) is 31.4 Å². The minimum absolute atomic E-state index is 0.108. The van der Waals surface area contributed by atoms with Crippen LogP contribution in [0.3, 0.4) is 0 Å². The monoisotopic (exact) mass is 431 g/mol. The van der Waals surface area contributed by atoms with E-state index in [4.69, 9.17) is 14.5 Å². The number of ketones is 1. The van der Waals surface area contributed by atoms with Crippen LogP contribution in [0.2, 0.25) is 0 Å². The summed E-state index contributed by atoms with van der Waals surface area (Å²) in [5.41, 5.74) is 1.84. The summed E-state index contributed by atoms with van der Waals surface area (Å²) in [5.74, 6) is -0.150. The minimum atomic E-state index is -0.701. The first kappa shape index (κ1) is 20.0. The number of aromatic nitrogens is 2. The number of methoxy groups -OCH3 is 2. The topological polar surface area (TPSA) is 91.9 Å². The molecule has 2 aliphatic rings. The number of aliphatic imine (C=N–C) groups is 1. The lowest BCUT2D eigenvalue weighted by molar-refractivity contribution is 0.0952. The first-order valence-corrected chi connectivity index (χ1v) is 10.1. The molecule has 32 heavy (non-hydrogen) atoms. The standard InChI is InChI=1S/C24H21N3O5/c1-26-22-19(23(29)27(2)24(26)30)17(15-10-9-12(31-3)11-16(15)32-4)18-20(25-22)13-7-5-6-8-14(13)21(18)28/h5-11,17-18H,1-4H3/t17-,18-/m1/s1. The van der Waals surface area contributed by atoms with E-state index in [9.17, 15) is 14.4 Å². The lowest BCUT2D eigenvalue weighted by atomic mass is 9.76. The Labute approximate surface area is 183 Å². The average molecular weight is 431 g/mol. The molecule has 0 saturated carbocycles. The molecule has 2 aromatic carbocycles. The number of hydrogen-bond donors (Lipinski definition) is 0. The van der Waals surface area contributed by atoms with Crippen molar-refractivity contribution in [3.8, 4) is 11.5 Å². The summed E-state index contributed by atoms with van der Waals surface area (Å²) in [6, 6.07) is 12.6. The average Bonchev–Trinajstić information content (AvgIpc) is 3.11. The molecule has 1 aliphatic heterocycles. The molecule has 3 aromatic rings. The number of rotatable bonds is 3. The molecule has 2 atom stereocenters. The zero-order valence-corrected chi connectivity index (χ0v) is 18.1. The summed E-state index contributed by atoms with van der Waals surface area (Å²) in [5, 5.41) is 0. The van der Waals surface area contributed by atoms with Crippen molar-refractivity contribution in [1.29, 1.82) is 0 Å². The number of carbonyl (C=O) groups is 1. The fraction of sp³-hybridized carbons (Fsp3) is 0.250. The van der Waals surface area contributed by atoms with Crippen LogP contribution in [-0.4, -0.2) is 34.8 Å². The normalized spacial score (nSPS) is 18.5. The fourth-order valence-corrected chi connectivity index (χ4v) is 4.78. The van der Waals surface area contributed by atoms with Gasteiger partial charge in [0.1, 0.15) is 17.3 Å². The summed E-state index contributed by atoms with van der Waals surface area (Å²) in [6.07, 6.45) is 0. The Morgan fingerprint density at radius 2 is 1.59 bits per heavy atom. The third-order valence-corrected chi connectivity index (χ3v) is 6.36. The van der Waals surface area contributed by atoms with Crippen LogP contribution in [0.1, 0.15) is 33.0 Å². The Hall–Kier alpha value is -3.94. The van der Waals surface area contributed by atoms with E-state index in [0.29, 0.717) is 33.9 Å². The Bertz CT molecular complexity index is 1450. The molecule has 0 bridgehead atoms. The van der Waals surface area contributed by atoms with Crippen molar-refractivity contribution in [2.24, 2.45) is 25.0 Å². The van der Waals surface area contributed by atoms with Gasteiger partial charge in [-0.25, -0.2) is 9.79 Å². The maximum absolute atomic E-state index is 13.6. The molecule has 1 aliphatic carbocycles. The fourth-order valence-electron chi connectivity index (χ4n) is 4.78. The first-order chi connectivity index (χ1) is 15.4. The van der Waals surface area contributed by atoms with E-state index in [1.807, 2.05) is 12.1 Å². The molecule has 1 aromatic heterocycles. The van der Waals surface area contributed by atoms with Gasteiger partial charge in [0.25, 0.3) is 5.56 Å². The minimum Gasteiger partial charge on any atom is -0.497 e. The van der Waals surface area contributed by atoms with Crippen molar-refractivity contribution < 1.29 is 14.3 Å². The molecule has 0 fully saturated rings. The zero-order valence-electron chi connectivity index (χ0n) is 18.1. The molecule has 0 spiro atoms. The number of ether oxygens (including phenoxy) is 2. The van der Waals surface area contributed by atoms with Gasteiger partial charge >= 0.3 is 5.69 Å². The molecule has 5 rings (SSSR count). The SMILES string of the molecule is COc1ccc([C@H]2c3c(n(C)c(=O)n(C)c3=O)N=C3c4ccccc4C(=O)[C@@H]32)c(OC)c1. The van der Waals surface area contributed by atoms with Crippen LogP contribution in [-0.2, 0) is 14.1 Å². The van der Waals surface area contributed by atoms with Crippen LogP contribution >= 0.6 is 0 Å². The van der Waals surface area contributed by atoms with E-state index < -0.39 is 23.1 Å². The van der Waals surface area contributed by atoms with Crippen LogP contribution in [0, 0.1) is 5.92 Å². The molecule has 0 saturated heterocycles. The highest BCUT2D eigenvalue weighted by Crippen LogP contribution is 2.48. The van der Waals surface area contributed by atoms with Crippen molar-refractivity contribution in [3.05, 3.63) is 85.6 Å². The van der Waals surface area contributed by atoms with Crippen LogP contribution < -0.4 is 20.7 Å². The Morgan fingerprint density at radius 1 is 0.875 bits per heavy atom. The van der Waals surface area contributed by atoms with Gasteiger partial charge in [-0.1, -0.05) is 30.3 Å². The van der Waals surface area contributed by atoms with E-state index in [0.717, 1.165) is 10.1 Å². The molecular formula is C24H21N3O5. The van der Waals surface area contributed by atoms with Crippen molar-refractivity contribution in [1.82, 2.24) is 9.13 Å². The van der Waals surface area contributed by atoms with E-state index in [2.05, 4.69) is 0 Å². The maximum Gasteiger partial charge on any atom is 0.332 e. The second-order valence-electron chi connectivity index (χ2n) is 7.91. The summed E-state index contributed by atoms with van der Waals surface area (Å²) < 4.78 is 13.4. The smallest absolute Gasteiger partial charge is 0.332 e. The van der Waals surface area contributed by atoms with Crippen LogP contribution in [0.4, 0.5) is 5.82 Å². The van der Waals surface area contributed by atoms with Crippen LogP contribution in [0.5, 0.6) is 11.5 Å². The van der Waals surface area contributed by atoms with Gasteiger partial charge in [-0.2, -0.15) is 0 Å². The van der Waals surface area contributed by atoms with Gasteiger partial charge in [0, 0.05) is 42.8 Å². The lowest BCUT2D eigenvalue weighted by Crippen LogP contribution is -2.43. The van der Waals surface area contributed by atoms with Gasteiger partial charge in [-0.05, 0) is 6.07 Å². The molecular weight excluding hydrogens is 410 g/mol. The molecule has 0 N–H and O–H groups in total. The van der Waals surface area contributed by atoms with Crippen molar-refractivity contribution >= 4 is 17.3 Å². The largest absolute Gasteiger partial charge is 0.497 e. The number of benzene rings is 2. The predicted octanol–water partition coefficient (Wildman–Crippen LogP) is 2.18. The zero-order chi connectivity index (χ0) is 22.7. The van der Waals surface area contributed by atoms with Gasteiger partial charge in [-0.3, -0.25) is 18.7 Å². The molecule has 0 amide bonds. The number of carbonyl (C=O) groups excluding carboxylic acids is 1. The summed E-state index contributed by atoms with van der Waals surface area (Å²) >= 11 is 0. The molecule has 8 heteroatoms. The lowest BCUT2D eigenvalue weighted by Gasteiger charge is -2.30. The molecule has 0 unspecified atom stereocenters. The summed E-state index contributed by atoms with van der Waals surface area (Å²) in [7, 11) is 6.09. The number of nitrogens with zero attached hydrogens (tertiary/aromatic N) is 3. The first-order valence-electron chi connectivity index (χ1n) is 10.1. The number of fused-ring (bicyclic) bond motifs is 4. The van der Waals surface area contributed by atoms with E-state index in [1.54, 1.807) is 44.5 Å². The predicted molar refractivity (Wildman–Crippen MR) is 119 cm³/mol. The van der Waals surface area contributed by atoms with Crippen molar-refractivity contribution in [2.45, 2.75) is 5.92 Å². The highest BCUT2D eigenvalue weighted by molar-refractivity contribution is 6.30. The van der Waals surface area contributed by atoms with Crippen LogP contribution in [0.15, 0.2) is 57.0 Å². The maximum atomic E-state index is 13.6. The van der Waals surface area contributed by atoms with E-state index >= 15 is 0 Å². The number of hydrogen-bond acceptors (Lipinski definition) is 6. The molecule has 2 heterocycles. The summed E-state index contributed by atoms with van der Waals surface area (Å²) in [6.45, 7) is 0. The quantitative estimate of drug-likeness (QED) is 0.634.